The maximum atomic E-state index is 5.21. The predicted octanol–water partition coefficient (Wildman–Crippen LogP) is 5.06. The van der Waals surface area contributed by atoms with Crippen molar-refractivity contribution in [3.8, 4) is 5.75 Å². The second kappa shape index (κ2) is 10.7. The number of nitrogens with zero attached hydrogens (tertiary/aromatic N) is 1. The molecule has 1 aromatic carbocycles. The third-order valence-corrected chi connectivity index (χ3v) is 5.08. The first-order chi connectivity index (χ1) is 10.7. The average molecular weight is 307 g/mol. The summed E-state index contributed by atoms with van der Waals surface area (Å²) in [5.74, 6) is 0.951. The molecule has 0 amide bonds. The van der Waals surface area contributed by atoms with E-state index in [9.17, 15) is 0 Å². The van der Waals surface area contributed by atoms with Crippen LogP contribution in [0.15, 0.2) is 24.3 Å². The molecule has 0 saturated carbocycles. The van der Waals surface area contributed by atoms with Crippen molar-refractivity contribution in [1.29, 1.82) is 0 Å². The smallest absolute Gasteiger partial charge is 0.118 e. The molecule has 2 nitrogen and oxygen atoms in total. The van der Waals surface area contributed by atoms with Crippen LogP contribution in [0.2, 0.25) is 0 Å². The molecule has 0 heterocycles. The average Bonchev–Trinajstić information content (AvgIpc) is 2.58. The van der Waals surface area contributed by atoms with Crippen molar-refractivity contribution in [2.75, 3.05) is 33.3 Å². The lowest BCUT2D eigenvalue weighted by Crippen LogP contribution is -2.49. The highest BCUT2D eigenvalue weighted by Gasteiger charge is 2.21. The Morgan fingerprint density at radius 1 is 0.818 bits per heavy atom. The van der Waals surface area contributed by atoms with Crippen LogP contribution in [0.4, 0.5) is 0 Å². The number of hydrogen-bond donors (Lipinski definition) is 0. The molecule has 1 rings (SSSR count). The lowest BCUT2D eigenvalue weighted by atomic mass is 10.1. The van der Waals surface area contributed by atoms with Crippen LogP contribution in [0, 0.1) is 0 Å². The zero-order valence-corrected chi connectivity index (χ0v) is 15.2. The Kier molecular flexibility index (Phi) is 9.22. The fraction of sp³-hybridized carbons (Fsp3) is 0.700. The zero-order valence-electron chi connectivity index (χ0n) is 15.2. The number of methoxy groups -OCH3 is 1. The highest BCUT2D eigenvalue weighted by Crippen LogP contribution is 2.16. The number of quaternary nitrogens is 1. The summed E-state index contributed by atoms with van der Waals surface area (Å²) in [7, 11) is 1.72. The Labute approximate surface area is 138 Å². The molecule has 0 unspecified atom stereocenters. The van der Waals surface area contributed by atoms with Crippen LogP contribution in [-0.2, 0) is 6.42 Å². The first-order valence-electron chi connectivity index (χ1n) is 9.17. The van der Waals surface area contributed by atoms with E-state index >= 15 is 0 Å². The molecule has 126 valence electrons. The Morgan fingerprint density at radius 2 is 1.41 bits per heavy atom. The van der Waals surface area contributed by atoms with Gasteiger partial charge in [-0.05, 0) is 63.6 Å². The number of ether oxygens (including phenoxy) is 1. The predicted molar refractivity (Wildman–Crippen MR) is 96.5 cm³/mol. The molecule has 2 heteroatoms. The van der Waals surface area contributed by atoms with E-state index < -0.39 is 0 Å². The van der Waals surface area contributed by atoms with Crippen LogP contribution in [0.3, 0.4) is 0 Å². The van der Waals surface area contributed by atoms with E-state index in [1.807, 2.05) is 0 Å². The summed E-state index contributed by atoms with van der Waals surface area (Å²) in [5.41, 5.74) is 1.43. The molecule has 1 aromatic rings. The maximum absolute atomic E-state index is 5.21. The maximum Gasteiger partial charge on any atom is 0.118 e. The number of unbranched alkanes of at least 4 members (excludes halogenated alkanes) is 3. The molecule has 0 spiro atoms. The van der Waals surface area contributed by atoms with Crippen molar-refractivity contribution in [3.05, 3.63) is 29.8 Å². The summed E-state index contributed by atoms with van der Waals surface area (Å²) in [6.45, 7) is 12.3. The van der Waals surface area contributed by atoms with Crippen LogP contribution < -0.4 is 4.74 Å². The van der Waals surface area contributed by atoms with Gasteiger partial charge in [0.25, 0.3) is 0 Å². The summed E-state index contributed by atoms with van der Waals surface area (Å²) < 4.78 is 6.52. The van der Waals surface area contributed by atoms with E-state index in [4.69, 9.17) is 4.74 Å². The minimum Gasteiger partial charge on any atom is -0.497 e. The van der Waals surface area contributed by atoms with E-state index in [1.165, 1.54) is 74.8 Å². The first kappa shape index (κ1) is 19.0. The summed E-state index contributed by atoms with van der Waals surface area (Å²) in [5, 5.41) is 0. The van der Waals surface area contributed by atoms with Gasteiger partial charge in [0.05, 0.1) is 33.3 Å². The normalized spacial score (nSPS) is 11.6. The second-order valence-corrected chi connectivity index (χ2v) is 6.43. The monoisotopic (exact) mass is 306 g/mol. The molecule has 0 aliphatic heterocycles. The number of hydrogen-bond acceptors (Lipinski definition) is 1. The van der Waals surface area contributed by atoms with Gasteiger partial charge in [0, 0.05) is 0 Å². The highest BCUT2D eigenvalue weighted by atomic mass is 16.5. The van der Waals surface area contributed by atoms with E-state index in [0.29, 0.717) is 0 Å². The Balaban J connectivity index is 2.35. The molecular weight excluding hydrogens is 270 g/mol. The molecule has 0 atom stereocenters. The van der Waals surface area contributed by atoms with Crippen LogP contribution in [0.5, 0.6) is 5.75 Å². The van der Waals surface area contributed by atoms with Gasteiger partial charge in [0.15, 0.2) is 0 Å². The van der Waals surface area contributed by atoms with Crippen molar-refractivity contribution >= 4 is 0 Å². The van der Waals surface area contributed by atoms with Gasteiger partial charge in [-0.3, -0.25) is 0 Å². The van der Waals surface area contributed by atoms with Gasteiger partial charge < -0.3 is 9.22 Å². The van der Waals surface area contributed by atoms with Crippen molar-refractivity contribution in [2.45, 2.75) is 59.3 Å². The van der Waals surface area contributed by atoms with Crippen molar-refractivity contribution in [2.24, 2.45) is 0 Å². The van der Waals surface area contributed by atoms with Gasteiger partial charge in [-0.1, -0.05) is 25.5 Å². The zero-order chi connectivity index (χ0) is 16.3. The summed E-state index contributed by atoms with van der Waals surface area (Å²) >= 11 is 0. The van der Waals surface area contributed by atoms with Gasteiger partial charge in [-0.2, -0.15) is 0 Å². The molecule has 0 aliphatic rings. The fourth-order valence-electron chi connectivity index (χ4n) is 3.23. The molecule has 0 fully saturated rings. The van der Waals surface area contributed by atoms with Crippen LogP contribution in [0.25, 0.3) is 0 Å². The summed E-state index contributed by atoms with van der Waals surface area (Å²) in [4.78, 5) is 0. The standard InChI is InChI=1S/C20H36NO/c1-5-8-10-17-21(6-2,7-3)18-11-9-12-19-13-15-20(22-4)16-14-19/h13-16H,5-12,17-18H2,1-4H3/q+1. The molecule has 0 N–H and O–H groups in total. The highest BCUT2D eigenvalue weighted by molar-refractivity contribution is 5.27. The number of rotatable bonds is 12. The first-order valence-corrected chi connectivity index (χ1v) is 9.17. The summed E-state index contributed by atoms with van der Waals surface area (Å²) in [6.07, 6.45) is 7.90. The molecule has 22 heavy (non-hydrogen) atoms. The van der Waals surface area contributed by atoms with Crippen LogP contribution >= 0.6 is 0 Å². The van der Waals surface area contributed by atoms with Gasteiger partial charge in [0.1, 0.15) is 5.75 Å². The lowest BCUT2D eigenvalue weighted by molar-refractivity contribution is -0.925. The van der Waals surface area contributed by atoms with Crippen LogP contribution in [-0.4, -0.2) is 37.8 Å². The molecular formula is C20H36NO+. The Hall–Kier alpha value is -1.02. The third-order valence-electron chi connectivity index (χ3n) is 5.08. The fourth-order valence-corrected chi connectivity index (χ4v) is 3.23. The summed E-state index contributed by atoms with van der Waals surface area (Å²) in [6, 6.07) is 8.53. The van der Waals surface area contributed by atoms with Crippen molar-refractivity contribution < 1.29 is 9.22 Å². The lowest BCUT2D eigenvalue weighted by Gasteiger charge is -2.37. The SMILES string of the molecule is CCCCC[N+](CC)(CC)CCCCc1ccc(OC)cc1. The van der Waals surface area contributed by atoms with Gasteiger partial charge in [0.2, 0.25) is 0 Å². The Bertz CT molecular complexity index is 381. The van der Waals surface area contributed by atoms with E-state index in [2.05, 4.69) is 45.0 Å². The van der Waals surface area contributed by atoms with E-state index in [0.717, 1.165) is 5.75 Å². The molecule has 0 aromatic heterocycles. The van der Waals surface area contributed by atoms with E-state index in [1.54, 1.807) is 7.11 Å². The molecule has 0 radical (unpaired) electrons. The Morgan fingerprint density at radius 3 is 1.91 bits per heavy atom. The largest absolute Gasteiger partial charge is 0.497 e. The van der Waals surface area contributed by atoms with Gasteiger partial charge in [-0.15, -0.1) is 0 Å². The minimum atomic E-state index is 0.951. The van der Waals surface area contributed by atoms with E-state index in [-0.39, 0.29) is 0 Å². The molecule has 0 aliphatic carbocycles. The van der Waals surface area contributed by atoms with Crippen LogP contribution in [0.1, 0.15) is 58.4 Å². The van der Waals surface area contributed by atoms with Crippen molar-refractivity contribution in [3.63, 3.8) is 0 Å². The number of aryl methyl sites for hydroxylation is 1. The van der Waals surface area contributed by atoms with Crippen molar-refractivity contribution in [1.82, 2.24) is 0 Å². The van der Waals surface area contributed by atoms with Gasteiger partial charge >= 0.3 is 0 Å². The molecule has 0 saturated heterocycles. The minimum absolute atomic E-state index is 0.951. The quantitative estimate of drug-likeness (QED) is 0.387. The van der Waals surface area contributed by atoms with Gasteiger partial charge in [-0.25, -0.2) is 0 Å². The third kappa shape index (κ3) is 6.39. The second-order valence-electron chi connectivity index (χ2n) is 6.43. The molecule has 0 bridgehead atoms. The topological polar surface area (TPSA) is 9.23 Å². The number of benzene rings is 1.